The van der Waals surface area contributed by atoms with Gasteiger partial charge in [-0.2, -0.15) is 0 Å². The highest BCUT2D eigenvalue weighted by atomic mass is 15.3. The van der Waals surface area contributed by atoms with Gasteiger partial charge in [-0.3, -0.25) is 4.40 Å². The lowest BCUT2D eigenvalue weighted by Crippen LogP contribution is -2.67. The average molecular weight is 246 g/mol. The van der Waals surface area contributed by atoms with Gasteiger partial charge in [0.1, 0.15) is 5.82 Å². The van der Waals surface area contributed by atoms with Crippen LogP contribution in [-0.4, -0.2) is 38.2 Å². The highest BCUT2D eigenvalue weighted by Gasteiger charge is 2.40. The van der Waals surface area contributed by atoms with Crippen molar-refractivity contribution < 1.29 is 0 Å². The number of hydrogen-bond donors (Lipinski definition) is 1. The van der Waals surface area contributed by atoms with Crippen molar-refractivity contribution in [2.75, 3.05) is 18.0 Å². The summed E-state index contributed by atoms with van der Waals surface area (Å²) >= 11 is 0. The van der Waals surface area contributed by atoms with Gasteiger partial charge in [-0.1, -0.05) is 13.3 Å². The molecule has 1 fully saturated rings. The van der Waals surface area contributed by atoms with Gasteiger partial charge in [-0.05, 0) is 13.3 Å². The van der Waals surface area contributed by atoms with Crippen LogP contribution in [-0.2, 0) is 0 Å². The normalized spacial score (nSPS) is 18.1. The lowest BCUT2D eigenvalue weighted by Gasteiger charge is -2.48. The first-order valence-corrected chi connectivity index (χ1v) is 6.33. The summed E-state index contributed by atoms with van der Waals surface area (Å²) in [7, 11) is 0. The second-order valence-corrected chi connectivity index (χ2v) is 5.16. The van der Waals surface area contributed by atoms with E-state index in [0.29, 0.717) is 0 Å². The van der Waals surface area contributed by atoms with Crippen molar-refractivity contribution in [3.8, 4) is 0 Å². The molecule has 96 valence electrons. The summed E-state index contributed by atoms with van der Waals surface area (Å²) in [6, 6.07) is 0. The van der Waals surface area contributed by atoms with Crippen LogP contribution >= 0.6 is 0 Å². The Kier molecular flexibility index (Phi) is 2.48. The third-order valence-corrected chi connectivity index (χ3v) is 3.54. The molecule has 2 N–H and O–H groups in total. The molecule has 1 aliphatic heterocycles. The van der Waals surface area contributed by atoms with Gasteiger partial charge in [0.2, 0.25) is 5.65 Å². The number of nitrogens with two attached hydrogens (primary N) is 1. The lowest BCUT2D eigenvalue weighted by molar-refractivity contribution is 0.306. The molecule has 0 aromatic carbocycles. The van der Waals surface area contributed by atoms with Crippen LogP contribution in [0.4, 0.5) is 5.82 Å². The summed E-state index contributed by atoms with van der Waals surface area (Å²) in [6.07, 6.45) is 5.84. The zero-order valence-electron chi connectivity index (χ0n) is 10.8. The van der Waals surface area contributed by atoms with E-state index in [0.717, 1.165) is 43.2 Å². The Morgan fingerprint density at radius 2 is 2.17 bits per heavy atom. The molecule has 0 unspecified atom stereocenters. The second-order valence-electron chi connectivity index (χ2n) is 5.16. The third-order valence-electron chi connectivity index (χ3n) is 3.54. The minimum Gasteiger partial charge on any atom is -0.350 e. The predicted octanol–water partition coefficient (Wildman–Crippen LogP) is 0.750. The van der Waals surface area contributed by atoms with Gasteiger partial charge in [-0.25, -0.2) is 4.98 Å². The maximum Gasteiger partial charge on any atom is 0.203 e. The van der Waals surface area contributed by atoms with E-state index >= 15 is 0 Å². The van der Waals surface area contributed by atoms with Gasteiger partial charge in [-0.15, -0.1) is 10.2 Å². The summed E-state index contributed by atoms with van der Waals surface area (Å²) < 4.78 is 1.96. The smallest absolute Gasteiger partial charge is 0.203 e. The van der Waals surface area contributed by atoms with Crippen LogP contribution in [0.2, 0.25) is 0 Å². The molecule has 3 rings (SSSR count). The summed E-state index contributed by atoms with van der Waals surface area (Å²) in [4.78, 5) is 6.59. The van der Waals surface area contributed by atoms with E-state index in [1.165, 1.54) is 0 Å². The maximum atomic E-state index is 6.28. The molecule has 6 nitrogen and oxygen atoms in total. The van der Waals surface area contributed by atoms with Crippen molar-refractivity contribution in [2.24, 2.45) is 5.73 Å². The van der Waals surface area contributed by atoms with Gasteiger partial charge in [0, 0.05) is 25.5 Å². The summed E-state index contributed by atoms with van der Waals surface area (Å²) in [5.74, 6) is 1.76. The van der Waals surface area contributed by atoms with Crippen molar-refractivity contribution in [2.45, 2.75) is 32.2 Å². The van der Waals surface area contributed by atoms with E-state index < -0.39 is 0 Å². The Hall–Kier alpha value is -1.69. The first-order chi connectivity index (χ1) is 8.63. The Morgan fingerprint density at radius 3 is 2.89 bits per heavy atom. The van der Waals surface area contributed by atoms with E-state index in [1.807, 2.05) is 17.5 Å². The first kappa shape index (κ1) is 11.4. The fourth-order valence-electron chi connectivity index (χ4n) is 2.67. The van der Waals surface area contributed by atoms with Crippen LogP contribution < -0.4 is 10.6 Å². The number of rotatable bonds is 3. The quantitative estimate of drug-likeness (QED) is 0.865. The van der Waals surface area contributed by atoms with Gasteiger partial charge in [0.25, 0.3) is 0 Å². The zero-order chi connectivity index (χ0) is 12.8. The van der Waals surface area contributed by atoms with E-state index in [4.69, 9.17) is 5.73 Å². The summed E-state index contributed by atoms with van der Waals surface area (Å²) in [6.45, 7) is 5.79. The molecule has 6 heteroatoms. The molecule has 2 aromatic heterocycles. The van der Waals surface area contributed by atoms with Gasteiger partial charge in [0.15, 0.2) is 5.82 Å². The van der Waals surface area contributed by atoms with Gasteiger partial charge in [0.05, 0.1) is 5.54 Å². The predicted molar refractivity (Wildman–Crippen MR) is 69.6 cm³/mol. The van der Waals surface area contributed by atoms with Crippen LogP contribution in [0.15, 0.2) is 12.4 Å². The number of aryl methyl sites for hydroxylation is 1. The highest BCUT2D eigenvalue weighted by molar-refractivity contribution is 5.65. The highest BCUT2D eigenvalue weighted by Crippen LogP contribution is 2.29. The number of nitrogens with zero attached hydrogens (tertiary/aromatic N) is 5. The first-order valence-electron chi connectivity index (χ1n) is 6.33. The topological polar surface area (TPSA) is 72.3 Å². The van der Waals surface area contributed by atoms with Crippen molar-refractivity contribution in [3.63, 3.8) is 0 Å². The summed E-state index contributed by atoms with van der Waals surface area (Å²) in [5, 5.41) is 8.27. The molecular weight excluding hydrogens is 228 g/mol. The third kappa shape index (κ3) is 1.64. The van der Waals surface area contributed by atoms with E-state index in [9.17, 15) is 0 Å². The molecule has 0 saturated carbocycles. The number of aromatic nitrogens is 4. The van der Waals surface area contributed by atoms with E-state index in [2.05, 4.69) is 27.0 Å². The monoisotopic (exact) mass is 246 g/mol. The van der Waals surface area contributed by atoms with Crippen molar-refractivity contribution >= 4 is 11.5 Å². The van der Waals surface area contributed by atoms with Crippen LogP contribution in [0, 0.1) is 6.92 Å². The molecule has 0 bridgehead atoms. The standard InChI is InChI=1S/C12H18N6/c1-3-4-12(13)7-17(8-12)10-11-16-15-9(2)18(11)6-5-14-10/h5-6H,3-4,7-8,13H2,1-2H3. The minimum atomic E-state index is -0.0572. The van der Waals surface area contributed by atoms with Gasteiger partial charge < -0.3 is 10.6 Å². The zero-order valence-corrected chi connectivity index (χ0v) is 10.8. The SMILES string of the molecule is CCCC1(N)CN(c2nccn3c(C)nnc23)C1. The van der Waals surface area contributed by atoms with Gasteiger partial charge >= 0.3 is 0 Å². The maximum absolute atomic E-state index is 6.28. The van der Waals surface area contributed by atoms with Crippen molar-refractivity contribution in [3.05, 3.63) is 18.2 Å². The van der Waals surface area contributed by atoms with E-state index in [1.54, 1.807) is 6.20 Å². The molecule has 0 amide bonds. The molecule has 1 aliphatic rings. The van der Waals surface area contributed by atoms with Crippen LogP contribution in [0.5, 0.6) is 0 Å². The number of anilines is 1. The van der Waals surface area contributed by atoms with Crippen molar-refractivity contribution in [1.29, 1.82) is 0 Å². The molecule has 0 aliphatic carbocycles. The van der Waals surface area contributed by atoms with Crippen LogP contribution in [0.3, 0.4) is 0 Å². The fraction of sp³-hybridized carbons (Fsp3) is 0.583. The second kappa shape index (κ2) is 3.91. The Balaban J connectivity index is 1.89. The summed E-state index contributed by atoms with van der Waals surface area (Å²) in [5.41, 5.74) is 7.03. The number of hydrogen-bond acceptors (Lipinski definition) is 5. The van der Waals surface area contributed by atoms with Crippen molar-refractivity contribution in [1.82, 2.24) is 19.6 Å². The largest absolute Gasteiger partial charge is 0.350 e. The Bertz CT molecular complexity index is 569. The average Bonchev–Trinajstić information content (AvgIpc) is 2.69. The molecule has 3 heterocycles. The molecule has 2 aromatic rings. The van der Waals surface area contributed by atoms with Crippen LogP contribution in [0.25, 0.3) is 5.65 Å². The molecule has 1 saturated heterocycles. The van der Waals surface area contributed by atoms with E-state index in [-0.39, 0.29) is 5.54 Å². The molecular formula is C12H18N6. The number of fused-ring (bicyclic) bond motifs is 1. The Morgan fingerprint density at radius 1 is 1.39 bits per heavy atom. The molecule has 0 radical (unpaired) electrons. The molecule has 0 spiro atoms. The fourth-order valence-corrected chi connectivity index (χ4v) is 2.67. The van der Waals surface area contributed by atoms with Crippen LogP contribution in [0.1, 0.15) is 25.6 Å². The lowest BCUT2D eigenvalue weighted by atomic mass is 9.86. The Labute approximate surface area is 106 Å². The minimum absolute atomic E-state index is 0.0572. The molecule has 0 atom stereocenters. The molecule has 18 heavy (non-hydrogen) atoms.